The van der Waals surface area contributed by atoms with Gasteiger partial charge < -0.3 is 25.4 Å². The standard InChI is InChI=1S/C32H35F6N7O2/c1-17-8-21(39)24(34)22(23(17)32(36,37)38)27-25(35)26-20(11-40-27)28(44-13-19-4-6-30(14-44,43-19)15-46-2)42-29(41-26)47-16-31-5-3-7-45(31)12-18(9-31)10-33/h8,10-11,19,43H,3-7,9,12-16,39H2,1-2H3/b18-10-/t19-,30+,31-/m0/s1/i2D3. The molecule has 4 aliphatic rings. The van der Waals surface area contributed by atoms with Crippen molar-refractivity contribution in [1.82, 2.24) is 25.2 Å². The van der Waals surface area contributed by atoms with Gasteiger partial charge in [0, 0.05) is 38.9 Å². The molecule has 0 unspecified atom stereocenters. The molecule has 4 aliphatic heterocycles. The molecule has 15 heteroatoms. The van der Waals surface area contributed by atoms with Crippen molar-refractivity contribution >= 4 is 22.4 Å². The molecule has 0 radical (unpaired) electrons. The molecule has 9 nitrogen and oxygen atoms in total. The van der Waals surface area contributed by atoms with Crippen LogP contribution in [0.15, 0.2) is 24.2 Å². The minimum atomic E-state index is -5.08. The van der Waals surface area contributed by atoms with E-state index in [4.69, 9.17) is 19.3 Å². The summed E-state index contributed by atoms with van der Waals surface area (Å²) in [7, 11) is -2.64. The number of aromatic nitrogens is 3. The number of halogens is 6. The van der Waals surface area contributed by atoms with E-state index in [0.717, 1.165) is 32.2 Å². The summed E-state index contributed by atoms with van der Waals surface area (Å²) in [6, 6.07) is 0.418. The fourth-order valence-corrected chi connectivity index (χ4v) is 8.01. The molecule has 3 atom stereocenters. The maximum absolute atomic E-state index is 16.7. The number of rotatable bonds is 7. The number of ether oxygens (including phenoxy) is 2. The first kappa shape index (κ1) is 28.3. The number of benzene rings is 1. The van der Waals surface area contributed by atoms with E-state index < -0.39 is 69.5 Å². The lowest BCUT2D eigenvalue weighted by Crippen LogP contribution is -2.61. The van der Waals surface area contributed by atoms with Crippen LogP contribution in [0.5, 0.6) is 6.01 Å². The van der Waals surface area contributed by atoms with Gasteiger partial charge >= 0.3 is 12.2 Å². The Morgan fingerprint density at radius 1 is 1.21 bits per heavy atom. The van der Waals surface area contributed by atoms with Crippen LogP contribution in [0.1, 0.15) is 47.3 Å². The summed E-state index contributed by atoms with van der Waals surface area (Å²) in [4.78, 5) is 16.9. The van der Waals surface area contributed by atoms with Crippen LogP contribution >= 0.6 is 0 Å². The average molecular weight is 667 g/mol. The topological polar surface area (TPSA) is 102 Å². The normalized spacial score (nSPS) is 28.1. The number of nitrogens with one attached hydrogen (secondary N) is 1. The van der Waals surface area contributed by atoms with Crippen molar-refractivity contribution in [3.05, 3.63) is 46.9 Å². The predicted molar refractivity (Wildman–Crippen MR) is 163 cm³/mol. The van der Waals surface area contributed by atoms with Crippen molar-refractivity contribution in [1.29, 1.82) is 0 Å². The predicted octanol–water partition coefficient (Wildman–Crippen LogP) is 5.31. The lowest BCUT2D eigenvalue weighted by atomic mass is 9.94. The van der Waals surface area contributed by atoms with Gasteiger partial charge in [0.05, 0.1) is 50.3 Å². The number of methoxy groups -OCH3 is 1. The quantitative estimate of drug-likeness (QED) is 0.257. The first-order valence-corrected chi connectivity index (χ1v) is 15.4. The lowest BCUT2D eigenvalue weighted by molar-refractivity contribution is -0.137. The summed E-state index contributed by atoms with van der Waals surface area (Å²) in [5.41, 5.74) is -0.0256. The molecule has 0 saturated carbocycles. The summed E-state index contributed by atoms with van der Waals surface area (Å²) in [5, 5.41) is 3.45. The number of hydrogen-bond donors (Lipinski definition) is 2. The number of nitrogens with two attached hydrogens (primary N) is 1. The van der Waals surface area contributed by atoms with Gasteiger partial charge in [-0.25, -0.2) is 13.2 Å². The second kappa shape index (κ2) is 11.5. The van der Waals surface area contributed by atoms with Gasteiger partial charge in [0.25, 0.3) is 0 Å². The summed E-state index contributed by atoms with van der Waals surface area (Å²) in [6.07, 6.45) is -0.178. The molecule has 6 heterocycles. The van der Waals surface area contributed by atoms with Crippen LogP contribution in [-0.2, 0) is 10.9 Å². The molecular formula is C32H35F6N7O2. The summed E-state index contributed by atoms with van der Waals surface area (Å²) < 4.78 is 122. The van der Waals surface area contributed by atoms with Crippen molar-refractivity contribution in [2.45, 2.75) is 62.3 Å². The van der Waals surface area contributed by atoms with E-state index in [1.807, 2.05) is 0 Å². The maximum atomic E-state index is 16.7. The second-order valence-electron chi connectivity index (χ2n) is 13.2. The summed E-state index contributed by atoms with van der Waals surface area (Å²) in [6.45, 7) is 2.65. The molecule has 0 amide bonds. The van der Waals surface area contributed by atoms with E-state index in [0.29, 0.717) is 50.7 Å². The summed E-state index contributed by atoms with van der Waals surface area (Å²) in [5.74, 6) is -2.67. The minimum absolute atomic E-state index is 0.0190. The van der Waals surface area contributed by atoms with Gasteiger partial charge in [-0.1, -0.05) is 0 Å². The number of aryl methyl sites for hydroxylation is 1. The number of anilines is 2. The van der Waals surface area contributed by atoms with Gasteiger partial charge in [-0.05, 0) is 62.8 Å². The highest BCUT2D eigenvalue weighted by Gasteiger charge is 2.48. The van der Waals surface area contributed by atoms with Crippen LogP contribution in [-0.4, -0.2) is 83.4 Å². The zero-order valence-corrected chi connectivity index (χ0v) is 25.5. The van der Waals surface area contributed by atoms with Crippen LogP contribution in [0, 0.1) is 18.6 Å². The number of nitrogen functional groups attached to an aromatic ring is 1. The first-order valence-electron chi connectivity index (χ1n) is 16.9. The third kappa shape index (κ3) is 5.35. The Kier molecular flexibility index (Phi) is 6.92. The molecule has 1 aromatic carbocycles. The fourth-order valence-electron chi connectivity index (χ4n) is 8.01. The molecule has 0 aliphatic carbocycles. The Balaban J connectivity index is 1.35. The molecule has 3 aromatic rings. The minimum Gasteiger partial charge on any atom is -0.461 e. The van der Waals surface area contributed by atoms with Crippen molar-refractivity contribution in [3.8, 4) is 17.3 Å². The fraction of sp³-hybridized carbons (Fsp3) is 0.531. The van der Waals surface area contributed by atoms with Crippen LogP contribution < -0.4 is 20.7 Å². The van der Waals surface area contributed by atoms with E-state index >= 15 is 8.78 Å². The van der Waals surface area contributed by atoms with Gasteiger partial charge in [-0.15, -0.1) is 0 Å². The third-order valence-corrected chi connectivity index (χ3v) is 10.0. The van der Waals surface area contributed by atoms with Crippen molar-refractivity contribution in [2.75, 3.05) is 57.1 Å². The van der Waals surface area contributed by atoms with Crippen molar-refractivity contribution in [3.63, 3.8) is 0 Å². The van der Waals surface area contributed by atoms with Gasteiger partial charge in [0.2, 0.25) is 0 Å². The van der Waals surface area contributed by atoms with Gasteiger partial charge in [0.15, 0.2) is 11.6 Å². The number of fused-ring (bicyclic) bond motifs is 4. The van der Waals surface area contributed by atoms with Crippen molar-refractivity contribution < 1.29 is 39.9 Å². The molecule has 252 valence electrons. The van der Waals surface area contributed by atoms with E-state index in [1.54, 1.807) is 4.90 Å². The molecule has 4 fully saturated rings. The molecule has 2 aromatic heterocycles. The lowest BCUT2D eigenvalue weighted by Gasteiger charge is -2.41. The highest BCUT2D eigenvalue weighted by atomic mass is 19.4. The van der Waals surface area contributed by atoms with Gasteiger partial charge in [-0.3, -0.25) is 9.88 Å². The highest BCUT2D eigenvalue weighted by Crippen LogP contribution is 2.45. The monoisotopic (exact) mass is 666 g/mol. The van der Waals surface area contributed by atoms with E-state index in [1.165, 1.54) is 0 Å². The number of alkyl halides is 3. The summed E-state index contributed by atoms with van der Waals surface area (Å²) >= 11 is 0. The number of nitrogens with zero attached hydrogens (tertiary/aromatic N) is 5. The van der Waals surface area contributed by atoms with Crippen LogP contribution in [0.4, 0.5) is 37.8 Å². The Bertz CT molecular complexity index is 1880. The Hall–Kier alpha value is -3.69. The number of hydrogen-bond acceptors (Lipinski definition) is 9. The SMILES string of the molecule is [2H]C([2H])([2H])OC[C@@]12CC[C@@H](CN(c3nc(OC[C@@]45CCCN4C/C(=C\F)C5)nc4c(F)c(-c5c(F)c(N)cc(C)c5C(F)(F)F)ncc34)C1)N2. The highest BCUT2D eigenvalue weighted by molar-refractivity contribution is 5.92. The first-order chi connectivity index (χ1) is 23.5. The molecular weight excluding hydrogens is 628 g/mol. The second-order valence-corrected chi connectivity index (χ2v) is 13.2. The van der Waals surface area contributed by atoms with Gasteiger partial charge in [0.1, 0.15) is 23.6 Å². The van der Waals surface area contributed by atoms with Gasteiger partial charge in [-0.2, -0.15) is 23.1 Å². The Labute approximate surface area is 271 Å². The van der Waals surface area contributed by atoms with Crippen LogP contribution in [0.25, 0.3) is 22.2 Å². The molecule has 4 saturated heterocycles. The van der Waals surface area contributed by atoms with Crippen LogP contribution in [0.2, 0.25) is 0 Å². The smallest absolute Gasteiger partial charge is 0.417 e. The van der Waals surface area contributed by atoms with E-state index in [2.05, 4.69) is 25.2 Å². The largest absolute Gasteiger partial charge is 0.461 e. The number of pyridine rings is 1. The Morgan fingerprint density at radius 3 is 2.81 bits per heavy atom. The third-order valence-electron chi connectivity index (χ3n) is 10.0. The molecule has 3 N–H and O–H groups in total. The van der Waals surface area contributed by atoms with E-state index in [-0.39, 0.29) is 43.0 Å². The molecule has 2 bridgehead atoms. The zero-order chi connectivity index (χ0) is 35.8. The molecule has 0 spiro atoms. The number of piperazine rings is 1. The maximum Gasteiger partial charge on any atom is 0.417 e. The molecule has 47 heavy (non-hydrogen) atoms. The zero-order valence-electron chi connectivity index (χ0n) is 28.5. The van der Waals surface area contributed by atoms with E-state index in [9.17, 15) is 17.6 Å². The average Bonchev–Trinajstić information content (AvgIpc) is 3.69. The van der Waals surface area contributed by atoms with Crippen molar-refractivity contribution in [2.24, 2.45) is 0 Å². The molecule has 7 rings (SSSR count). The van der Waals surface area contributed by atoms with Crippen LogP contribution in [0.3, 0.4) is 0 Å². The Morgan fingerprint density at radius 2 is 2.04 bits per heavy atom.